The van der Waals surface area contributed by atoms with E-state index < -0.39 is 0 Å². The van der Waals surface area contributed by atoms with Crippen LogP contribution in [0.5, 0.6) is 0 Å². The molecule has 3 rings (SSSR count). The van der Waals surface area contributed by atoms with E-state index in [0.717, 1.165) is 24.2 Å². The topological polar surface area (TPSA) is 59.3 Å². The van der Waals surface area contributed by atoms with E-state index in [2.05, 4.69) is 22.3 Å². The smallest absolute Gasteiger partial charge is 0.256 e. The van der Waals surface area contributed by atoms with Gasteiger partial charge in [-0.25, -0.2) is 9.50 Å². The second-order valence-electron chi connectivity index (χ2n) is 5.92. The van der Waals surface area contributed by atoms with Gasteiger partial charge in [-0.05, 0) is 45.1 Å². The number of hydrogen-bond acceptors (Lipinski definition) is 3. The Labute approximate surface area is 118 Å². The van der Waals surface area contributed by atoms with Crippen LogP contribution in [-0.2, 0) is 0 Å². The molecule has 5 heteroatoms. The van der Waals surface area contributed by atoms with E-state index in [0.29, 0.717) is 23.2 Å². The molecule has 1 aliphatic carbocycles. The van der Waals surface area contributed by atoms with Crippen LogP contribution < -0.4 is 5.32 Å². The van der Waals surface area contributed by atoms with Crippen LogP contribution in [0.15, 0.2) is 12.3 Å². The fourth-order valence-electron chi connectivity index (χ4n) is 3.03. The van der Waals surface area contributed by atoms with Gasteiger partial charge in [0.25, 0.3) is 5.91 Å². The van der Waals surface area contributed by atoms with Gasteiger partial charge in [-0.1, -0.05) is 6.92 Å². The van der Waals surface area contributed by atoms with Gasteiger partial charge in [0.2, 0.25) is 0 Å². The summed E-state index contributed by atoms with van der Waals surface area (Å²) < 4.78 is 1.72. The summed E-state index contributed by atoms with van der Waals surface area (Å²) in [6.07, 6.45) is 4.94. The number of nitrogens with one attached hydrogen (secondary N) is 1. The lowest BCUT2D eigenvalue weighted by Crippen LogP contribution is -2.32. The maximum atomic E-state index is 12.4. The number of aryl methyl sites for hydroxylation is 2. The highest BCUT2D eigenvalue weighted by Crippen LogP contribution is 2.25. The number of rotatable bonds is 2. The molecule has 2 aromatic heterocycles. The number of hydrogen-bond donors (Lipinski definition) is 1. The molecule has 0 aromatic carbocycles. The Kier molecular flexibility index (Phi) is 3.20. The fraction of sp³-hybridized carbons (Fsp3) is 0.533. The summed E-state index contributed by atoms with van der Waals surface area (Å²) >= 11 is 0. The summed E-state index contributed by atoms with van der Waals surface area (Å²) in [6.45, 7) is 6.13. The lowest BCUT2D eigenvalue weighted by atomic mass is 10.1. The second kappa shape index (κ2) is 4.89. The van der Waals surface area contributed by atoms with Crippen molar-refractivity contribution >= 4 is 11.6 Å². The number of carbonyl (C=O) groups is 1. The third kappa shape index (κ3) is 2.28. The highest BCUT2D eigenvalue weighted by molar-refractivity contribution is 5.99. The maximum absolute atomic E-state index is 12.4. The Hall–Kier alpha value is -1.91. The van der Waals surface area contributed by atoms with Gasteiger partial charge in [0.15, 0.2) is 5.65 Å². The minimum atomic E-state index is -0.0587. The summed E-state index contributed by atoms with van der Waals surface area (Å²) in [4.78, 5) is 16.8. The van der Waals surface area contributed by atoms with E-state index in [1.165, 1.54) is 6.42 Å². The second-order valence-corrected chi connectivity index (χ2v) is 5.92. The summed E-state index contributed by atoms with van der Waals surface area (Å²) in [5.74, 6) is 0.642. The van der Waals surface area contributed by atoms with Gasteiger partial charge in [-0.3, -0.25) is 4.79 Å². The zero-order valence-electron chi connectivity index (χ0n) is 12.2. The standard InChI is InChI=1S/C15H20N4O/c1-9-4-5-12(6-9)18-15(20)13-8-16-19-11(3)7-10(2)17-14(13)19/h7-9,12H,4-6H2,1-3H3,(H,18,20). The Balaban J connectivity index is 1.88. The minimum Gasteiger partial charge on any atom is -0.349 e. The van der Waals surface area contributed by atoms with Gasteiger partial charge < -0.3 is 5.32 Å². The maximum Gasteiger partial charge on any atom is 0.256 e. The molecule has 20 heavy (non-hydrogen) atoms. The Morgan fingerprint density at radius 3 is 2.90 bits per heavy atom. The first-order valence-corrected chi connectivity index (χ1v) is 7.17. The van der Waals surface area contributed by atoms with E-state index >= 15 is 0 Å². The number of aromatic nitrogens is 3. The number of fused-ring (bicyclic) bond motifs is 1. The average Bonchev–Trinajstić information content (AvgIpc) is 2.95. The van der Waals surface area contributed by atoms with Crippen LogP contribution in [0.25, 0.3) is 5.65 Å². The van der Waals surface area contributed by atoms with Crippen molar-refractivity contribution < 1.29 is 4.79 Å². The zero-order valence-corrected chi connectivity index (χ0v) is 12.2. The van der Waals surface area contributed by atoms with Crippen LogP contribution in [0.1, 0.15) is 47.9 Å². The molecule has 0 bridgehead atoms. The Morgan fingerprint density at radius 1 is 1.40 bits per heavy atom. The summed E-state index contributed by atoms with van der Waals surface area (Å²) in [6, 6.07) is 2.25. The fourth-order valence-corrected chi connectivity index (χ4v) is 3.03. The molecular weight excluding hydrogens is 252 g/mol. The monoisotopic (exact) mass is 272 g/mol. The quantitative estimate of drug-likeness (QED) is 0.912. The lowest BCUT2D eigenvalue weighted by molar-refractivity contribution is 0.0939. The molecular formula is C15H20N4O. The molecule has 1 N–H and O–H groups in total. The van der Waals surface area contributed by atoms with E-state index in [1.807, 2.05) is 19.9 Å². The molecule has 5 nitrogen and oxygen atoms in total. The molecule has 106 valence electrons. The van der Waals surface area contributed by atoms with Crippen LogP contribution in [0, 0.1) is 19.8 Å². The molecule has 1 fully saturated rings. The third-order valence-electron chi connectivity index (χ3n) is 4.05. The summed E-state index contributed by atoms with van der Waals surface area (Å²) in [5.41, 5.74) is 3.10. The van der Waals surface area contributed by atoms with Gasteiger partial charge in [0, 0.05) is 17.4 Å². The van der Waals surface area contributed by atoms with Gasteiger partial charge in [0.1, 0.15) is 5.56 Å². The van der Waals surface area contributed by atoms with E-state index in [9.17, 15) is 4.79 Å². The van der Waals surface area contributed by atoms with Crippen molar-refractivity contribution in [2.75, 3.05) is 0 Å². The predicted molar refractivity (Wildman–Crippen MR) is 76.7 cm³/mol. The van der Waals surface area contributed by atoms with E-state index in [-0.39, 0.29) is 5.91 Å². The van der Waals surface area contributed by atoms with Crippen LogP contribution in [-0.4, -0.2) is 26.5 Å². The van der Waals surface area contributed by atoms with Gasteiger partial charge in [-0.2, -0.15) is 5.10 Å². The highest BCUT2D eigenvalue weighted by atomic mass is 16.1. The van der Waals surface area contributed by atoms with Crippen LogP contribution in [0.4, 0.5) is 0 Å². The van der Waals surface area contributed by atoms with Crippen molar-refractivity contribution in [3.05, 3.63) is 29.2 Å². The molecule has 2 unspecified atom stereocenters. The number of carbonyl (C=O) groups excluding carboxylic acids is 1. The molecule has 1 saturated carbocycles. The minimum absolute atomic E-state index is 0.0587. The molecule has 0 saturated heterocycles. The van der Waals surface area contributed by atoms with Crippen molar-refractivity contribution in [2.24, 2.45) is 5.92 Å². The van der Waals surface area contributed by atoms with E-state index in [4.69, 9.17) is 0 Å². The summed E-state index contributed by atoms with van der Waals surface area (Å²) in [7, 11) is 0. The number of nitrogens with zero attached hydrogens (tertiary/aromatic N) is 3. The molecule has 0 radical (unpaired) electrons. The van der Waals surface area contributed by atoms with Crippen molar-refractivity contribution in [2.45, 2.75) is 46.1 Å². The van der Waals surface area contributed by atoms with Crippen LogP contribution >= 0.6 is 0 Å². The highest BCUT2D eigenvalue weighted by Gasteiger charge is 2.24. The normalized spacial score (nSPS) is 22.4. The molecule has 0 spiro atoms. The van der Waals surface area contributed by atoms with Crippen molar-refractivity contribution in [3.8, 4) is 0 Å². The van der Waals surface area contributed by atoms with Crippen molar-refractivity contribution in [1.82, 2.24) is 19.9 Å². The average molecular weight is 272 g/mol. The van der Waals surface area contributed by atoms with Crippen molar-refractivity contribution in [3.63, 3.8) is 0 Å². The van der Waals surface area contributed by atoms with Gasteiger partial charge in [0.05, 0.1) is 6.20 Å². The molecule has 2 aromatic rings. The number of amides is 1. The largest absolute Gasteiger partial charge is 0.349 e. The lowest BCUT2D eigenvalue weighted by Gasteiger charge is -2.11. The van der Waals surface area contributed by atoms with Gasteiger partial charge >= 0.3 is 0 Å². The molecule has 2 atom stereocenters. The Bertz CT molecular complexity index is 661. The molecule has 1 amide bonds. The molecule has 2 heterocycles. The Morgan fingerprint density at radius 2 is 2.20 bits per heavy atom. The van der Waals surface area contributed by atoms with E-state index in [1.54, 1.807) is 10.7 Å². The third-order valence-corrected chi connectivity index (χ3v) is 4.05. The van der Waals surface area contributed by atoms with Gasteiger partial charge in [-0.15, -0.1) is 0 Å². The van der Waals surface area contributed by atoms with Crippen molar-refractivity contribution in [1.29, 1.82) is 0 Å². The zero-order chi connectivity index (χ0) is 14.3. The first-order valence-electron chi connectivity index (χ1n) is 7.17. The predicted octanol–water partition coefficient (Wildman–Crippen LogP) is 2.26. The first kappa shape index (κ1) is 13.1. The first-order chi connectivity index (χ1) is 9.54. The SMILES string of the molecule is Cc1cc(C)n2ncc(C(=O)NC3CCC(C)C3)c2n1. The van der Waals surface area contributed by atoms with Crippen LogP contribution in [0.3, 0.4) is 0 Å². The summed E-state index contributed by atoms with van der Waals surface area (Å²) in [5, 5.41) is 7.37. The van der Waals surface area contributed by atoms with Crippen LogP contribution in [0.2, 0.25) is 0 Å². The molecule has 0 aliphatic heterocycles. The molecule has 1 aliphatic rings.